The minimum absolute atomic E-state index is 0.0139. The molecule has 0 radical (unpaired) electrons. The number of rotatable bonds is 3. The molecule has 0 unspecified atom stereocenters. The zero-order valence-electron chi connectivity index (χ0n) is 15.5. The standard InChI is InChI=1S/C20H27N5O2/c26-13-19-15-7-14(18-3-1-4-20(27)25(18)19)10-23(11-15)12-16-8-17-9-21-5-2-6-24(17)22-16/h1,3-4,8,14-15,19,21,26H,2,5-7,9-13H2/t14-,15+,19+/m1/s1. The molecule has 0 spiro atoms. The summed E-state index contributed by atoms with van der Waals surface area (Å²) in [7, 11) is 0. The van der Waals surface area contributed by atoms with Gasteiger partial charge in [-0.1, -0.05) is 6.07 Å². The quantitative estimate of drug-likeness (QED) is 0.833. The van der Waals surface area contributed by atoms with Crippen LogP contribution in [-0.2, 0) is 19.6 Å². The van der Waals surface area contributed by atoms with Crippen LogP contribution < -0.4 is 10.9 Å². The first-order chi connectivity index (χ1) is 13.2. The van der Waals surface area contributed by atoms with Gasteiger partial charge in [-0.2, -0.15) is 5.10 Å². The number of aliphatic hydroxyl groups is 1. The van der Waals surface area contributed by atoms with Crippen LogP contribution in [0.25, 0.3) is 0 Å². The first-order valence-corrected chi connectivity index (χ1v) is 10.0. The van der Waals surface area contributed by atoms with E-state index in [0.717, 1.165) is 63.5 Å². The summed E-state index contributed by atoms with van der Waals surface area (Å²) < 4.78 is 3.99. The number of aliphatic hydroxyl groups excluding tert-OH is 1. The Morgan fingerprint density at radius 1 is 1.30 bits per heavy atom. The second-order valence-electron chi connectivity index (χ2n) is 8.18. The lowest BCUT2D eigenvalue weighted by atomic mass is 9.78. The van der Waals surface area contributed by atoms with Crippen molar-refractivity contribution >= 4 is 0 Å². The Morgan fingerprint density at radius 3 is 3.11 bits per heavy atom. The van der Waals surface area contributed by atoms with Gasteiger partial charge in [0.2, 0.25) is 0 Å². The van der Waals surface area contributed by atoms with Crippen molar-refractivity contribution in [1.82, 2.24) is 24.6 Å². The molecule has 0 amide bonds. The van der Waals surface area contributed by atoms with E-state index >= 15 is 0 Å². The lowest BCUT2D eigenvalue weighted by Crippen LogP contribution is -2.50. The summed E-state index contributed by atoms with van der Waals surface area (Å²) in [6.07, 6.45) is 2.17. The smallest absolute Gasteiger partial charge is 0.251 e. The molecule has 2 bridgehead atoms. The van der Waals surface area contributed by atoms with Crippen molar-refractivity contribution in [2.75, 3.05) is 26.2 Å². The van der Waals surface area contributed by atoms with Crippen LogP contribution in [0.1, 0.15) is 41.9 Å². The van der Waals surface area contributed by atoms with Gasteiger partial charge < -0.3 is 15.0 Å². The van der Waals surface area contributed by atoms with Gasteiger partial charge in [-0.15, -0.1) is 0 Å². The average Bonchev–Trinajstić information content (AvgIpc) is 2.91. The van der Waals surface area contributed by atoms with Gasteiger partial charge in [0.1, 0.15) is 0 Å². The van der Waals surface area contributed by atoms with Gasteiger partial charge in [0, 0.05) is 50.4 Å². The second-order valence-corrected chi connectivity index (χ2v) is 8.18. The molecule has 7 heteroatoms. The highest BCUT2D eigenvalue weighted by Gasteiger charge is 2.40. The van der Waals surface area contributed by atoms with Crippen LogP contribution in [0.2, 0.25) is 0 Å². The van der Waals surface area contributed by atoms with Crippen molar-refractivity contribution < 1.29 is 5.11 Å². The van der Waals surface area contributed by atoms with Crippen LogP contribution in [0.4, 0.5) is 0 Å². The maximum absolute atomic E-state index is 12.4. The van der Waals surface area contributed by atoms with Crippen LogP contribution in [0, 0.1) is 5.92 Å². The highest BCUT2D eigenvalue weighted by molar-refractivity contribution is 5.20. The molecular formula is C20H27N5O2. The highest BCUT2D eigenvalue weighted by Crippen LogP contribution is 2.41. The summed E-state index contributed by atoms with van der Waals surface area (Å²) in [5.41, 5.74) is 3.48. The topological polar surface area (TPSA) is 75.3 Å². The predicted molar refractivity (Wildman–Crippen MR) is 102 cm³/mol. The van der Waals surface area contributed by atoms with Gasteiger partial charge in [0.25, 0.3) is 5.56 Å². The zero-order chi connectivity index (χ0) is 18.4. The maximum Gasteiger partial charge on any atom is 0.251 e. The Hall–Kier alpha value is -1.96. The summed E-state index contributed by atoms with van der Waals surface area (Å²) in [5, 5.41) is 18.3. The molecule has 0 saturated carbocycles. The maximum atomic E-state index is 12.4. The number of pyridine rings is 1. The number of hydrogen-bond acceptors (Lipinski definition) is 5. The molecule has 0 aromatic carbocycles. The normalized spacial score (nSPS) is 27.7. The number of aryl methyl sites for hydroxylation is 1. The van der Waals surface area contributed by atoms with E-state index in [0.29, 0.717) is 11.8 Å². The summed E-state index contributed by atoms with van der Waals surface area (Å²) in [4.78, 5) is 14.9. The number of aromatic nitrogens is 3. The van der Waals surface area contributed by atoms with Crippen molar-refractivity contribution in [2.45, 2.75) is 44.4 Å². The largest absolute Gasteiger partial charge is 0.394 e. The Morgan fingerprint density at radius 2 is 2.22 bits per heavy atom. The van der Waals surface area contributed by atoms with Crippen molar-refractivity contribution in [1.29, 1.82) is 0 Å². The van der Waals surface area contributed by atoms with E-state index in [1.807, 2.05) is 10.6 Å². The molecule has 7 nitrogen and oxygen atoms in total. The molecule has 27 heavy (non-hydrogen) atoms. The van der Waals surface area contributed by atoms with E-state index in [1.165, 1.54) is 5.69 Å². The lowest BCUT2D eigenvalue weighted by Gasteiger charge is -2.46. The Labute approximate surface area is 158 Å². The number of likely N-dealkylation sites (tertiary alicyclic amines) is 1. The highest BCUT2D eigenvalue weighted by atomic mass is 16.3. The molecule has 2 aromatic rings. The molecule has 144 valence electrons. The summed E-state index contributed by atoms with van der Waals surface area (Å²) in [5.74, 6) is 0.658. The molecule has 3 aliphatic heterocycles. The number of nitrogens with one attached hydrogen (secondary N) is 1. The van der Waals surface area contributed by atoms with Gasteiger partial charge in [-0.05, 0) is 37.4 Å². The molecule has 5 heterocycles. The fourth-order valence-corrected chi connectivity index (χ4v) is 5.23. The fraction of sp³-hybridized carbons (Fsp3) is 0.600. The molecule has 0 aliphatic carbocycles. The molecule has 1 saturated heterocycles. The number of fused-ring (bicyclic) bond motifs is 5. The molecular weight excluding hydrogens is 342 g/mol. The summed E-state index contributed by atoms with van der Waals surface area (Å²) >= 11 is 0. The van der Waals surface area contributed by atoms with Gasteiger partial charge in [-0.3, -0.25) is 14.4 Å². The lowest BCUT2D eigenvalue weighted by molar-refractivity contribution is 0.0574. The molecule has 3 aliphatic rings. The molecule has 3 atom stereocenters. The first kappa shape index (κ1) is 17.2. The molecule has 1 fully saturated rings. The monoisotopic (exact) mass is 369 g/mol. The molecule has 5 rings (SSSR count). The summed E-state index contributed by atoms with van der Waals surface area (Å²) in [6.45, 7) is 5.63. The molecule has 2 aromatic heterocycles. The number of nitrogens with zero attached hydrogens (tertiary/aromatic N) is 4. The van der Waals surface area contributed by atoms with Gasteiger partial charge in [0.05, 0.1) is 24.0 Å². The van der Waals surface area contributed by atoms with Crippen LogP contribution in [0.3, 0.4) is 0 Å². The van der Waals surface area contributed by atoms with Gasteiger partial charge in [-0.25, -0.2) is 0 Å². The molecule has 2 N–H and O–H groups in total. The Balaban J connectivity index is 1.39. The van der Waals surface area contributed by atoms with Crippen LogP contribution in [-0.4, -0.2) is 50.6 Å². The van der Waals surface area contributed by atoms with E-state index in [1.54, 1.807) is 6.07 Å². The van der Waals surface area contributed by atoms with E-state index in [2.05, 4.69) is 27.0 Å². The van der Waals surface area contributed by atoms with Gasteiger partial charge in [0.15, 0.2) is 0 Å². The number of piperidine rings is 1. The van der Waals surface area contributed by atoms with Crippen LogP contribution in [0.15, 0.2) is 29.1 Å². The Bertz CT molecular complexity index is 865. The third-order valence-electron chi connectivity index (χ3n) is 6.39. The summed E-state index contributed by atoms with van der Waals surface area (Å²) in [6, 6.07) is 7.62. The minimum atomic E-state index is -0.115. The third-order valence-corrected chi connectivity index (χ3v) is 6.39. The van der Waals surface area contributed by atoms with E-state index in [9.17, 15) is 9.90 Å². The zero-order valence-corrected chi connectivity index (χ0v) is 15.5. The van der Waals surface area contributed by atoms with E-state index in [4.69, 9.17) is 5.10 Å². The minimum Gasteiger partial charge on any atom is -0.394 e. The third kappa shape index (κ3) is 3.03. The van der Waals surface area contributed by atoms with Crippen LogP contribution in [0.5, 0.6) is 0 Å². The fourth-order valence-electron chi connectivity index (χ4n) is 5.23. The van der Waals surface area contributed by atoms with E-state index in [-0.39, 0.29) is 18.2 Å². The second kappa shape index (κ2) is 6.89. The Kier molecular flexibility index (Phi) is 4.38. The van der Waals surface area contributed by atoms with Crippen molar-refractivity contribution in [3.63, 3.8) is 0 Å². The van der Waals surface area contributed by atoms with Crippen LogP contribution >= 0.6 is 0 Å². The SMILES string of the molecule is O=c1cccc2n1[C@@H](CO)[C@H]1C[C@@H]2CN(Cc2cc3n(n2)CCCNC3)C1. The van der Waals surface area contributed by atoms with Crippen molar-refractivity contribution in [3.05, 3.63) is 51.7 Å². The van der Waals surface area contributed by atoms with Crippen molar-refractivity contribution in [3.8, 4) is 0 Å². The predicted octanol–water partition coefficient (Wildman–Crippen LogP) is 0.691. The van der Waals surface area contributed by atoms with E-state index < -0.39 is 0 Å². The van der Waals surface area contributed by atoms with Crippen molar-refractivity contribution in [2.24, 2.45) is 5.92 Å². The number of hydrogen-bond donors (Lipinski definition) is 2. The average molecular weight is 369 g/mol. The first-order valence-electron chi connectivity index (χ1n) is 10.0. The van der Waals surface area contributed by atoms with Gasteiger partial charge >= 0.3 is 0 Å².